The molecule has 27 heavy (non-hydrogen) atoms. The van der Waals surface area contributed by atoms with Gasteiger partial charge in [-0.25, -0.2) is 4.98 Å². The number of nitrogens with one attached hydrogen (secondary N) is 2. The van der Waals surface area contributed by atoms with Crippen molar-refractivity contribution in [3.8, 4) is 11.4 Å². The second-order valence-electron chi connectivity index (χ2n) is 6.22. The van der Waals surface area contributed by atoms with Gasteiger partial charge in [-0.2, -0.15) is 0 Å². The van der Waals surface area contributed by atoms with Gasteiger partial charge >= 0.3 is 0 Å². The van der Waals surface area contributed by atoms with Crippen LogP contribution in [0.2, 0.25) is 0 Å². The fourth-order valence-electron chi connectivity index (χ4n) is 2.95. The zero-order valence-corrected chi connectivity index (χ0v) is 14.5. The first-order valence-electron chi connectivity index (χ1n) is 8.61. The molecule has 136 valence electrons. The SMILES string of the molecule is O=C(COc1ccc2c(c1)CCC(=O)N2)Nc1cccc(-n2ccnc2)c1. The van der Waals surface area contributed by atoms with Gasteiger partial charge in [-0.3, -0.25) is 9.59 Å². The van der Waals surface area contributed by atoms with E-state index in [0.29, 0.717) is 24.3 Å². The maximum Gasteiger partial charge on any atom is 0.262 e. The van der Waals surface area contributed by atoms with Crippen LogP contribution in [0.3, 0.4) is 0 Å². The van der Waals surface area contributed by atoms with Crippen LogP contribution < -0.4 is 15.4 Å². The molecule has 0 radical (unpaired) electrons. The van der Waals surface area contributed by atoms with Gasteiger partial charge in [-0.15, -0.1) is 0 Å². The summed E-state index contributed by atoms with van der Waals surface area (Å²) in [6.07, 6.45) is 6.37. The summed E-state index contributed by atoms with van der Waals surface area (Å²) in [7, 11) is 0. The van der Waals surface area contributed by atoms with Crippen molar-refractivity contribution in [3.05, 3.63) is 66.7 Å². The predicted molar refractivity (Wildman–Crippen MR) is 101 cm³/mol. The molecule has 4 rings (SSSR count). The van der Waals surface area contributed by atoms with Gasteiger partial charge in [-0.1, -0.05) is 6.07 Å². The number of anilines is 2. The number of nitrogens with zero attached hydrogens (tertiary/aromatic N) is 2. The van der Waals surface area contributed by atoms with Crippen LogP contribution in [-0.2, 0) is 16.0 Å². The highest BCUT2D eigenvalue weighted by atomic mass is 16.5. The normalized spacial score (nSPS) is 12.8. The van der Waals surface area contributed by atoms with Crippen molar-refractivity contribution in [1.29, 1.82) is 0 Å². The summed E-state index contributed by atoms with van der Waals surface area (Å²) in [4.78, 5) is 27.6. The van der Waals surface area contributed by atoms with Gasteiger partial charge in [0.15, 0.2) is 6.61 Å². The van der Waals surface area contributed by atoms with Gasteiger partial charge in [0.2, 0.25) is 5.91 Å². The molecule has 1 aliphatic rings. The van der Waals surface area contributed by atoms with Crippen LogP contribution >= 0.6 is 0 Å². The summed E-state index contributed by atoms with van der Waals surface area (Å²) < 4.78 is 7.45. The van der Waals surface area contributed by atoms with Crippen LogP contribution in [0.25, 0.3) is 5.69 Å². The molecule has 0 saturated heterocycles. The van der Waals surface area contributed by atoms with Gasteiger partial charge in [0.25, 0.3) is 5.91 Å². The van der Waals surface area contributed by atoms with E-state index in [1.54, 1.807) is 24.7 Å². The number of benzene rings is 2. The first kappa shape index (κ1) is 16.8. The molecule has 3 aromatic rings. The molecule has 0 atom stereocenters. The van der Waals surface area contributed by atoms with E-state index in [-0.39, 0.29) is 18.4 Å². The third kappa shape index (κ3) is 3.98. The lowest BCUT2D eigenvalue weighted by Crippen LogP contribution is -2.21. The Bertz CT molecular complexity index is 983. The number of hydrogen-bond acceptors (Lipinski definition) is 4. The molecular formula is C20H18N4O3. The Morgan fingerprint density at radius 3 is 3.00 bits per heavy atom. The van der Waals surface area contributed by atoms with Crippen LogP contribution in [0.5, 0.6) is 5.75 Å². The molecule has 0 spiro atoms. The predicted octanol–water partition coefficient (Wildman–Crippen LogP) is 2.77. The topological polar surface area (TPSA) is 85.3 Å². The van der Waals surface area contributed by atoms with Crippen molar-refractivity contribution in [2.45, 2.75) is 12.8 Å². The highest BCUT2D eigenvalue weighted by Gasteiger charge is 2.15. The number of rotatable bonds is 5. The lowest BCUT2D eigenvalue weighted by atomic mass is 10.0. The van der Waals surface area contributed by atoms with E-state index < -0.39 is 0 Å². The number of amides is 2. The summed E-state index contributed by atoms with van der Waals surface area (Å²) in [6, 6.07) is 12.9. The van der Waals surface area contributed by atoms with Gasteiger partial charge in [0, 0.05) is 35.9 Å². The highest BCUT2D eigenvalue weighted by molar-refractivity contribution is 5.94. The van der Waals surface area contributed by atoms with Crippen molar-refractivity contribution in [2.24, 2.45) is 0 Å². The number of aromatic nitrogens is 2. The molecule has 0 bridgehead atoms. The highest BCUT2D eigenvalue weighted by Crippen LogP contribution is 2.26. The Kier molecular flexibility index (Phi) is 4.57. The Morgan fingerprint density at radius 1 is 1.22 bits per heavy atom. The number of ether oxygens (including phenoxy) is 1. The van der Waals surface area contributed by atoms with Crippen molar-refractivity contribution < 1.29 is 14.3 Å². The minimum atomic E-state index is -0.246. The third-order valence-electron chi connectivity index (χ3n) is 4.27. The van der Waals surface area contributed by atoms with Crippen molar-refractivity contribution in [3.63, 3.8) is 0 Å². The van der Waals surface area contributed by atoms with Crippen LogP contribution in [0.4, 0.5) is 11.4 Å². The van der Waals surface area contributed by atoms with E-state index in [2.05, 4.69) is 15.6 Å². The van der Waals surface area contributed by atoms with Crippen molar-refractivity contribution >= 4 is 23.2 Å². The van der Waals surface area contributed by atoms with E-state index in [9.17, 15) is 9.59 Å². The molecule has 2 N–H and O–H groups in total. The van der Waals surface area contributed by atoms with Crippen molar-refractivity contribution in [1.82, 2.24) is 9.55 Å². The third-order valence-corrected chi connectivity index (χ3v) is 4.27. The van der Waals surface area contributed by atoms with Crippen LogP contribution in [0.15, 0.2) is 61.2 Å². The lowest BCUT2D eigenvalue weighted by Gasteiger charge is -2.17. The van der Waals surface area contributed by atoms with E-state index in [0.717, 1.165) is 16.9 Å². The molecule has 0 aliphatic carbocycles. The molecule has 7 nitrogen and oxygen atoms in total. The fourth-order valence-corrected chi connectivity index (χ4v) is 2.95. The molecule has 2 heterocycles. The van der Waals surface area contributed by atoms with E-state index in [1.165, 1.54) is 0 Å². The summed E-state index contributed by atoms with van der Waals surface area (Å²) in [6.45, 7) is -0.0968. The lowest BCUT2D eigenvalue weighted by molar-refractivity contribution is -0.118. The zero-order chi connectivity index (χ0) is 18.6. The Morgan fingerprint density at radius 2 is 2.15 bits per heavy atom. The number of carbonyl (C=O) groups is 2. The smallest absolute Gasteiger partial charge is 0.262 e. The molecule has 1 aliphatic heterocycles. The Labute approximate surface area is 156 Å². The van der Waals surface area contributed by atoms with Crippen LogP contribution in [0, 0.1) is 0 Å². The van der Waals surface area contributed by atoms with Gasteiger partial charge in [-0.05, 0) is 48.4 Å². The second kappa shape index (κ2) is 7.33. The summed E-state index contributed by atoms with van der Waals surface area (Å²) in [5, 5.41) is 5.65. The first-order chi connectivity index (χ1) is 13.2. The average Bonchev–Trinajstić information content (AvgIpc) is 3.21. The quantitative estimate of drug-likeness (QED) is 0.731. The Balaban J connectivity index is 1.36. The van der Waals surface area contributed by atoms with Gasteiger partial charge < -0.3 is 19.9 Å². The molecule has 0 fully saturated rings. The summed E-state index contributed by atoms with van der Waals surface area (Å²) in [5.41, 5.74) is 3.41. The number of aryl methyl sites for hydroxylation is 1. The van der Waals surface area contributed by atoms with E-state index >= 15 is 0 Å². The Hall–Kier alpha value is -3.61. The molecular weight excluding hydrogens is 344 g/mol. The standard InChI is InChI=1S/C20H18N4O3/c25-19-7-4-14-10-17(5-6-18(14)23-19)27-12-20(26)22-15-2-1-3-16(11-15)24-9-8-21-13-24/h1-3,5-6,8-11,13H,4,7,12H2,(H,22,26)(H,23,25). The number of fused-ring (bicyclic) bond motifs is 1. The molecule has 0 saturated carbocycles. The fraction of sp³-hybridized carbons (Fsp3) is 0.150. The molecule has 7 heteroatoms. The molecule has 2 amide bonds. The molecule has 0 unspecified atom stereocenters. The maximum absolute atomic E-state index is 12.2. The van der Waals surface area contributed by atoms with Gasteiger partial charge in [0.05, 0.1) is 6.33 Å². The monoisotopic (exact) mass is 362 g/mol. The first-order valence-corrected chi connectivity index (χ1v) is 8.61. The molecule has 1 aromatic heterocycles. The minimum absolute atomic E-state index is 0.0217. The molecule has 2 aromatic carbocycles. The maximum atomic E-state index is 12.2. The number of hydrogen-bond donors (Lipinski definition) is 2. The second-order valence-corrected chi connectivity index (χ2v) is 6.22. The largest absolute Gasteiger partial charge is 0.484 e. The number of imidazole rings is 1. The van der Waals surface area contributed by atoms with E-state index in [1.807, 2.05) is 41.1 Å². The van der Waals surface area contributed by atoms with Crippen LogP contribution in [-0.4, -0.2) is 28.0 Å². The number of carbonyl (C=O) groups excluding carboxylic acids is 2. The average molecular weight is 362 g/mol. The van der Waals surface area contributed by atoms with Crippen molar-refractivity contribution in [2.75, 3.05) is 17.2 Å². The van der Waals surface area contributed by atoms with E-state index in [4.69, 9.17) is 4.74 Å². The minimum Gasteiger partial charge on any atom is -0.484 e. The zero-order valence-electron chi connectivity index (χ0n) is 14.5. The summed E-state index contributed by atoms with van der Waals surface area (Å²) >= 11 is 0. The van der Waals surface area contributed by atoms with Gasteiger partial charge in [0.1, 0.15) is 5.75 Å². The van der Waals surface area contributed by atoms with Crippen LogP contribution in [0.1, 0.15) is 12.0 Å². The summed E-state index contributed by atoms with van der Waals surface area (Å²) in [5.74, 6) is 0.379.